The van der Waals surface area contributed by atoms with E-state index in [0.717, 1.165) is 18.9 Å². The number of aliphatic hydroxyl groups is 1. The van der Waals surface area contributed by atoms with Crippen molar-refractivity contribution in [3.05, 3.63) is 23.9 Å². The van der Waals surface area contributed by atoms with E-state index < -0.39 is 23.4 Å². The maximum atomic E-state index is 12.9. The molecular formula is C19H26F3N3O2. The number of aromatic nitrogens is 1. The van der Waals surface area contributed by atoms with Crippen LogP contribution in [0, 0.1) is 17.3 Å². The van der Waals surface area contributed by atoms with Gasteiger partial charge < -0.3 is 15.3 Å². The van der Waals surface area contributed by atoms with Gasteiger partial charge in [0.2, 0.25) is 5.91 Å². The molecule has 1 aromatic rings. The second-order valence-electron chi connectivity index (χ2n) is 8.67. The summed E-state index contributed by atoms with van der Waals surface area (Å²) in [6.07, 6.45) is -3.84. The summed E-state index contributed by atoms with van der Waals surface area (Å²) in [7, 11) is 0. The number of aliphatic hydroxyl groups excluding tert-OH is 1. The van der Waals surface area contributed by atoms with E-state index in [9.17, 15) is 23.1 Å². The third kappa shape index (κ3) is 4.20. The Morgan fingerprint density at radius 3 is 2.59 bits per heavy atom. The summed E-state index contributed by atoms with van der Waals surface area (Å²) in [6.45, 7) is 6.57. The van der Waals surface area contributed by atoms with Crippen molar-refractivity contribution in [3.8, 4) is 0 Å². The molecule has 27 heavy (non-hydrogen) atoms. The Labute approximate surface area is 157 Å². The lowest BCUT2D eigenvalue weighted by Gasteiger charge is -2.28. The number of hydrogen-bond acceptors (Lipinski definition) is 4. The van der Waals surface area contributed by atoms with Gasteiger partial charge in [-0.15, -0.1) is 0 Å². The van der Waals surface area contributed by atoms with Gasteiger partial charge in [-0.05, 0) is 36.3 Å². The van der Waals surface area contributed by atoms with Crippen LogP contribution in [-0.4, -0.2) is 41.2 Å². The van der Waals surface area contributed by atoms with Crippen LogP contribution >= 0.6 is 0 Å². The van der Waals surface area contributed by atoms with Crippen molar-refractivity contribution in [2.75, 3.05) is 18.0 Å². The molecule has 1 aliphatic heterocycles. The minimum absolute atomic E-state index is 0.0738. The van der Waals surface area contributed by atoms with Crippen LogP contribution in [0.25, 0.3) is 0 Å². The molecule has 2 heterocycles. The van der Waals surface area contributed by atoms with Gasteiger partial charge in [0.15, 0.2) is 0 Å². The van der Waals surface area contributed by atoms with E-state index in [4.69, 9.17) is 0 Å². The molecule has 150 valence electrons. The van der Waals surface area contributed by atoms with Crippen molar-refractivity contribution < 1.29 is 23.1 Å². The van der Waals surface area contributed by atoms with Crippen LogP contribution in [0.5, 0.6) is 0 Å². The largest absolute Gasteiger partial charge is 0.433 e. The van der Waals surface area contributed by atoms with E-state index in [2.05, 4.69) is 10.3 Å². The third-order valence-electron chi connectivity index (χ3n) is 5.60. The molecule has 2 fully saturated rings. The predicted molar refractivity (Wildman–Crippen MR) is 95.1 cm³/mol. The van der Waals surface area contributed by atoms with Crippen molar-refractivity contribution in [1.82, 2.24) is 10.3 Å². The number of alkyl halides is 3. The standard InChI is InChI=1S/C19H26F3N3O2/c1-18(2,3)16(26)17(27)23-13-8-7-11-9-25(10-12(11)13)15-6-4-5-14(24-15)19(20,21)22/h4-6,11-13,16,26H,7-10H2,1-3H3,(H,23,27)/t11-,12+,13+,16-/m1/s1. The fourth-order valence-corrected chi connectivity index (χ4v) is 4.04. The zero-order valence-electron chi connectivity index (χ0n) is 15.8. The van der Waals surface area contributed by atoms with Gasteiger partial charge in [0, 0.05) is 25.0 Å². The molecule has 1 saturated heterocycles. The fraction of sp³-hybridized carbons (Fsp3) is 0.684. The van der Waals surface area contributed by atoms with E-state index in [-0.39, 0.29) is 17.9 Å². The number of pyridine rings is 1. The average Bonchev–Trinajstić information content (AvgIpc) is 3.14. The summed E-state index contributed by atoms with van der Waals surface area (Å²) in [6, 6.07) is 3.86. The lowest BCUT2D eigenvalue weighted by atomic mass is 9.88. The van der Waals surface area contributed by atoms with Gasteiger partial charge in [-0.2, -0.15) is 13.2 Å². The van der Waals surface area contributed by atoms with Gasteiger partial charge in [-0.3, -0.25) is 4.79 Å². The van der Waals surface area contributed by atoms with Crippen molar-refractivity contribution in [1.29, 1.82) is 0 Å². The first kappa shape index (κ1) is 19.9. The van der Waals surface area contributed by atoms with E-state index >= 15 is 0 Å². The predicted octanol–water partition coefficient (Wildman–Crippen LogP) is 2.84. The molecule has 4 atom stereocenters. The Bertz CT molecular complexity index is 702. The first-order valence-corrected chi connectivity index (χ1v) is 9.24. The zero-order chi connectivity index (χ0) is 20.0. The molecule has 1 saturated carbocycles. The SMILES string of the molecule is CC(C)(C)[C@H](O)C(=O)N[C@H]1CC[C@@H]2CN(c3cccc(C(F)(F)F)n3)C[C@@H]21. The molecule has 3 rings (SSSR count). The smallest absolute Gasteiger partial charge is 0.383 e. The number of carbonyl (C=O) groups excluding carboxylic acids is 1. The number of fused-ring (bicyclic) bond motifs is 1. The molecule has 0 unspecified atom stereocenters. The molecule has 0 radical (unpaired) electrons. The molecule has 5 nitrogen and oxygen atoms in total. The van der Waals surface area contributed by atoms with Crippen molar-refractivity contribution in [2.24, 2.45) is 17.3 Å². The number of anilines is 1. The Morgan fingerprint density at radius 1 is 1.26 bits per heavy atom. The molecule has 1 amide bonds. The Balaban J connectivity index is 1.67. The first-order chi connectivity index (χ1) is 12.5. The highest BCUT2D eigenvalue weighted by Crippen LogP contribution is 2.40. The van der Waals surface area contributed by atoms with Gasteiger partial charge in [-0.25, -0.2) is 4.98 Å². The minimum Gasteiger partial charge on any atom is -0.383 e. The van der Waals surface area contributed by atoms with Gasteiger partial charge in [0.05, 0.1) is 0 Å². The average molecular weight is 385 g/mol. The summed E-state index contributed by atoms with van der Waals surface area (Å²) in [5.41, 5.74) is -1.44. The minimum atomic E-state index is -4.47. The van der Waals surface area contributed by atoms with E-state index in [1.54, 1.807) is 26.8 Å². The molecule has 0 aromatic carbocycles. The molecule has 8 heteroatoms. The lowest BCUT2D eigenvalue weighted by molar-refractivity contribution is -0.141. The fourth-order valence-electron chi connectivity index (χ4n) is 4.04. The lowest BCUT2D eigenvalue weighted by Crippen LogP contribution is -2.48. The van der Waals surface area contributed by atoms with Gasteiger partial charge in [0.25, 0.3) is 0 Å². The van der Waals surface area contributed by atoms with Crippen LogP contribution in [0.1, 0.15) is 39.3 Å². The van der Waals surface area contributed by atoms with Crippen LogP contribution in [0.4, 0.5) is 19.0 Å². The Kier molecular flexibility index (Phi) is 5.14. The summed E-state index contributed by atoms with van der Waals surface area (Å²) in [4.78, 5) is 18.0. The summed E-state index contributed by atoms with van der Waals surface area (Å²) >= 11 is 0. The number of nitrogens with zero attached hydrogens (tertiary/aromatic N) is 2. The summed E-state index contributed by atoms with van der Waals surface area (Å²) < 4.78 is 38.7. The zero-order valence-corrected chi connectivity index (χ0v) is 15.8. The molecular weight excluding hydrogens is 359 g/mol. The number of nitrogens with one attached hydrogen (secondary N) is 1. The number of amides is 1. The highest BCUT2D eigenvalue weighted by Gasteiger charge is 2.45. The van der Waals surface area contributed by atoms with Gasteiger partial charge in [-0.1, -0.05) is 26.8 Å². The Morgan fingerprint density at radius 2 is 1.96 bits per heavy atom. The first-order valence-electron chi connectivity index (χ1n) is 9.24. The molecule has 2 aliphatic rings. The van der Waals surface area contributed by atoms with E-state index in [0.29, 0.717) is 24.8 Å². The molecule has 0 bridgehead atoms. The van der Waals surface area contributed by atoms with Gasteiger partial charge in [0.1, 0.15) is 17.6 Å². The molecule has 1 aromatic heterocycles. The maximum absolute atomic E-state index is 12.9. The molecule has 1 aliphatic carbocycles. The topological polar surface area (TPSA) is 65.5 Å². The highest BCUT2D eigenvalue weighted by molar-refractivity contribution is 5.81. The summed E-state index contributed by atoms with van der Waals surface area (Å²) in [5.74, 6) is 0.388. The highest BCUT2D eigenvalue weighted by atomic mass is 19.4. The quantitative estimate of drug-likeness (QED) is 0.840. The van der Waals surface area contributed by atoms with Crippen LogP contribution in [-0.2, 0) is 11.0 Å². The summed E-state index contributed by atoms with van der Waals surface area (Å²) in [5, 5.41) is 13.1. The van der Waals surface area contributed by atoms with Crippen LogP contribution in [0.3, 0.4) is 0 Å². The second-order valence-corrected chi connectivity index (χ2v) is 8.67. The molecule has 0 spiro atoms. The Hall–Kier alpha value is -1.83. The normalized spacial score (nSPS) is 26.8. The number of carbonyl (C=O) groups is 1. The third-order valence-corrected chi connectivity index (χ3v) is 5.60. The number of rotatable bonds is 3. The van der Waals surface area contributed by atoms with Crippen molar-refractivity contribution in [2.45, 2.75) is 51.9 Å². The van der Waals surface area contributed by atoms with Crippen LogP contribution < -0.4 is 10.2 Å². The number of halogens is 3. The molecule has 2 N–H and O–H groups in total. The monoisotopic (exact) mass is 385 g/mol. The van der Waals surface area contributed by atoms with Gasteiger partial charge >= 0.3 is 6.18 Å². The van der Waals surface area contributed by atoms with Crippen molar-refractivity contribution in [3.63, 3.8) is 0 Å². The maximum Gasteiger partial charge on any atom is 0.433 e. The number of hydrogen-bond donors (Lipinski definition) is 2. The second kappa shape index (κ2) is 6.96. The van der Waals surface area contributed by atoms with E-state index in [1.807, 2.05) is 4.90 Å². The van der Waals surface area contributed by atoms with Crippen LogP contribution in [0.2, 0.25) is 0 Å². The van der Waals surface area contributed by atoms with E-state index in [1.165, 1.54) is 6.07 Å². The van der Waals surface area contributed by atoms with Crippen LogP contribution in [0.15, 0.2) is 18.2 Å². The van der Waals surface area contributed by atoms with Crippen molar-refractivity contribution >= 4 is 11.7 Å².